The molecule has 0 radical (unpaired) electrons. The van der Waals surface area contributed by atoms with Crippen LogP contribution in [0.1, 0.15) is 11.1 Å². The van der Waals surface area contributed by atoms with Gasteiger partial charge in [-0.05, 0) is 36.8 Å². The van der Waals surface area contributed by atoms with Crippen molar-refractivity contribution in [2.24, 2.45) is 7.05 Å². The summed E-state index contributed by atoms with van der Waals surface area (Å²) in [5, 5.41) is 1.97. The first kappa shape index (κ1) is 13.1. The molecule has 102 valence electrons. The Hall–Kier alpha value is -1.93. The zero-order valence-corrected chi connectivity index (χ0v) is 12.3. The molecule has 0 aliphatic carbocycles. The molecule has 20 heavy (non-hydrogen) atoms. The Labute approximate surface area is 123 Å². The zero-order valence-electron chi connectivity index (χ0n) is 11.6. The highest BCUT2D eigenvalue weighted by molar-refractivity contribution is 6.30. The van der Waals surface area contributed by atoms with Crippen molar-refractivity contribution >= 4 is 22.5 Å². The predicted molar refractivity (Wildman–Crippen MR) is 83.4 cm³/mol. The normalized spacial score (nSPS) is 10.9. The van der Waals surface area contributed by atoms with Crippen LogP contribution in [0.5, 0.6) is 5.75 Å². The van der Waals surface area contributed by atoms with Gasteiger partial charge in [0.05, 0.1) is 0 Å². The molecule has 0 aliphatic heterocycles. The Balaban J connectivity index is 1.92. The molecular weight excluding hydrogens is 270 g/mol. The third-order valence-electron chi connectivity index (χ3n) is 3.49. The van der Waals surface area contributed by atoms with Gasteiger partial charge in [-0.3, -0.25) is 0 Å². The largest absolute Gasteiger partial charge is 0.489 e. The van der Waals surface area contributed by atoms with E-state index in [-0.39, 0.29) is 0 Å². The number of benzene rings is 2. The molecule has 0 saturated carbocycles. The van der Waals surface area contributed by atoms with Crippen LogP contribution in [0.2, 0.25) is 5.02 Å². The number of fused-ring (bicyclic) bond motifs is 1. The molecule has 3 rings (SSSR count). The maximum atomic E-state index is 5.97. The van der Waals surface area contributed by atoms with Crippen LogP contribution in [-0.4, -0.2) is 4.57 Å². The van der Waals surface area contributed by atoms with E-state index >= 15 is 0 Å². The summed E-state index contributed by atoms with van der Waals surface area (Å²) in [6.45, 7) is 2.67. The van der Waals surface area contributed by atoms with Crippen molar-refractivity contribution in [2.45, 2.75) is 13.5 Å². The maximum Gasteiger partial charge on any atom is 0.121 e. The molecule has 1 heterocycles. The molecule has 2 aromatic carbocycles. The van der Waals surface area contributed by atoms with Crippen molar-refractivity contribution in [3.63, 3.8) is 0 Å². The molecule has 0 amide bonds. The number of hydrogen-bond donors (Lipinski definition) is 0. The Morgan fingerprint density at radius 1 is 1.15 bits per heavy atom. The maximum absolute atomic E-state index is 5.97. The molecule has 2 nitrogen and oxygen atoms in total. The first-order valence-electron chi connectivity index (χ1n) is 6.57. The van der Waals surface area contributed by atoms with Gasteiger partial charge in [-0.25, -0.2) is 0 Å². The van der Waals surface area contributed by atoms with Gasteiger partial charge in [-0.1, -0.05) is 29.8 Å². The minimum absolute atomic E-state index is 0.544. The average molecular weight is 286 g/mol. The summed E-state index contributed by atoms with van der Waals surface area (Å²) in [5.41, 5.74) is 3.70. The summed E-state index contributed by atoms with van der Waals surface area (Å²) in [6.07, 6.45) is 2.13. The Morgan fingerprint density at radius 3 is 2.75 bits per heavy atom. The number of nitrogens with zero attached hydrogens (tertiary/aromatic N) is 1. The Morgan fingerprint density at radius 2 is 1.95 bits per heavy atom. The number of rotatable bonds is 3. The lowest BCUT2D eigenvalue weighted by atomic mass is 10.1. The van der Waals surface area contributed by atoms with Crippen molar-refractivity contribution in [1.82, 2.24) is 4.57 Å². The van der Waals surface area contributed by atoms with Crippen molar-refractivity contribution in [3.8, 4) is 5.75 Å². The van der Waals surface area contributed by atoms with Gasteiger partial charge >= 0.3 is 0 Å². The first-order chi connectivity index (χ1) is 9.65. The molecule has 0 bridgehead atoms. The summed E-state index contributed by atoms with van der Waals surface area (Å²) in [5.74, 6) is 0.795. The Bertz CT molecular complexity index is 761. The van der Waals surface area contributed by atoms with Gasteiger partial charge < -0.3 is 9.30 Å². The monoisotopic (exact) mass is 285 g/mol. The van der Waals surface area contributed by atoms with Crippen molar-refractivity contribution in [1.29, 1.82) is 0 Å². The average Bonchev–Trinajstić information content (AvgIpc) is 2.75. The number of hydrogen-bond acceptors (Lipinski definition) is 1. The van der Waals surface area contributed by atoms with Crippen LogP contribution in [0.25, 0.3) is 10.9 Å². The third-order valence-corrected chi connectivity index (χ3v) is 3.73. The molecule has 0 fully saturated rings. The fraction of sp³-hybridized carbons (Fsp3) is 0.176. The second kappa shape index (κ2) is 5.22. The number of aromatic nitrogens is 1. The SMILES string of the molecule is Cc1cccc2c1c(COc1cccc(Cl)c1)cn2C. The summed E-state index contributed by atoms with van der Waals surface area (Å²) in [7, 11) is 2.06. The van der Waals surface area contributed by atoms with Gasteiger partial charge in [0.25, 0.3) is 0 Å². The molecule has 1 aromatic heterocycles. The summed E-state index contributed by atoms with van der Waals surface area (Å²) in [4.78, 5) is 0. The highest BCUT2D eigenvalue weighted by atomic mass is 35.5. The van der Waals surface area contributed by atoms with E-state index < -0.39 is 0 Å². The van der Waals surface area contributed by atoms with Gasteiger partial charge in [-0.15, -0.1) is 0 Å². The molecule has 0 aliphatic rings. The second-order valence-corrected chi connectivity index (χ2v) is 5.42. The van der Waals surface area contributed by atoms with Crippen LogP contribution in [0, 0.1) is 6.92 Å². The fourth-order valence-electron chi connectivity index (χ4n) is 2.56. The molecular formula is C17H16ClNO. The standard InChI is InChI=1S/C17H16ClNO/c1-12-5-3-8-16-17(12)13(10-19(16)2)11-20-15-7-4-6-14(18)9-15/h3-10H,11H2,1-2H3. The van der Waals surface area contributed by atoms with E-state index in [9.17, 15) is 0 Å². The molecule has 0 N–H and O–H groups in total. The third kappa shape index (κ3) is 2.39. The van der Waals surface area contributed by atoms with E-state index in [0.717, 1.165) is 5.75 Å². The summed E-state index contributed by atoms with van der Waals surface area (Å²) >= 11 is 5.97. The van der Waals surface area contributed by atoms with Crippen LogP contribution in [0.3, 0.4) is 0 Å². The van der Waals surface area contributed by atoms with Crippen LogP contribution < -0.4 is 4.74 Å². The zero-order chi connectivity index (χ0) is 14.1. The molecule has 0 unspecified atom stereocenters. The number of ether oxygens (including phenoxy) is 1. The van der Waals surface area contributed by atoms with Gasteiger partial charge in [0, 0.05) is 34.7 Å². The molecule has 0 atom stereocenters. The predicted octanol–water partition coefficient (Wildman–Crippen LogP) is 4.72. The van der Waals surface area contributed by atoms with Crippen LogP contribution in [0.4, 0.5) is 0 Å². The van der Waals surface area contributed by atoms with Crippen LogP contribution >= 0.6 is 11.6 Å². The molecule has 0 spiro atoms. The van der Waals surface area contributed by atoms with Gasteiger partial charge in [0.15, 0.2) is 0 Å². The lowest BCUT2D eigenvalue weighted by Crippen LogP contribution is -1.95. The lowest BCUT2D eigenvalue weighted by Gasteiger charge is -2.06. The highest BCUT2D eigenvalue weighted by Gasteiger charge is 2.09. The van der Waals surface area contributed by atoms with E-state index in [2.05, 4.69) is 42.9 Å². The summed E-state index contributed by atoms with van der Waals surface area (Å²) in [6, 6.07) is 13.8. The quantitative estimate of drug-likeness (QED) is 0.679. The van der Waals surface area contributed by atoms with E-state index in [1.54, 1.807) is 0 Å². The van der Waals surface area contributed by atoms with E-state index in [4.69, 9.17) is 16.3 Å². The Kier molecular flexibility index (Phi) is 3.41. The minimum atomic E-state index is 0.544. The molecule has 3 aromatic rings. The topological polar surface area (TPSA) is 14.2 Å². The van der Waals surface area contributed by atoms with Crippen molar-refractivity contribution in [3.05, 3.63) is 64.8 Å². The number of halogens is 1. The molecule has 0 saturated heterocycles. The van der Waals surface area contributed by atoms with E-state index in [1.165, 1.54) is 22.0 Å². The first-order valence-corrected chi connectivity index (χ1v) is 6.95. The second-order valence-electron chi connectivity index (χ2n) is 4.98. The van der Waals surface area contributed by atoms with E-state index in [0.29, 0.717) is 11.6 Å². The summed E-state index contributed by atoms with van der Waals surface area (Å²) < 4.78 is 7.99. The number of aryl methyl sites for hydroxylation is 2. The van der Waals surface area contributed by atoms with Crippen LogP contribution in [0.15, 0.2) is 48.7 Å². The van der Waals surface area contributed by atoms with Gasteiger partial charge in [0.1, 0.15) is 12.4 Å². The highest BCUT2D eigenvalue weighted by Crippen LogP contribution is 2.26. The van der Waals surface area contributed by atoms with Crippen LogP contribution in [-0.2, 0) is 13.7 Å². The fourth-order valence-corrected chi connectivity index (χ4v) is 2.74. The smallest absolute Gasteiger partial charge is 0.121 e. The lowest BCUT2D eigenvalue weighted by molar-refractivity contribution is 0.307. The molecule has 3 heteroatoms. The van der Waals surface area contributed by atoms with Gasteiger partial charge in [-0.2, -0.15) is 0 Å². The van der Waals surface area contributed by atoms with Crippen molar-refractivity contribution in [2.75, 3.05) is 0 Å². The van der Waals surface area contributed by atoms with E-state index in [1.807, 2.05) is 24.3 Å². The van der Waals surface area contributed by atoms with Crippen molar-refractivity contribution < 1.29 is 4.74 Å². The van der Waals surface area contributed by atoms with Gasteiger partial charge in [0.2, 0.25) is 0 Å². The minimum Gasteiger partial charge on any atom is -0.489 e.